The first kappa shape index (κ1) is 13.5. The van der Waals surface area contributed by atoms with E-state index in [1.165, 1.54) is 5.56 Å². The Morgan fingerprint density at radius 2 is 1.79 bits per heavy atom. The normalized spacial score (nSPS) is 12.1. The number of carbonyl (C=O) groups excluding carboxylic acids is 1. The highest BCUT2D eigenvalue weighted by Gasteiger charge is 2.15. The summed E-state index contributed by atoms with van der Waals surface area (Å²) in [6.45, 7) is 4.16. The fraction of sp³-hybridized carbons (Fsp3) is 0.278. The van der Waals surface area contributed by atoms with Crippen molar-refractivity contribution < 1.29 is 4.79 Å². The Labute approximate surface area is 115 Å². The summed E-state index contributed by atoms with van der Waals surface area (Å²) in [5, 5.41) is 0. The van der Waals surface area contributed by atoms with Crippen molar-refractivity contribution in [3.63, 3.8) is 0 Å². The number of hydrogen-bond acceptors (Lipinski definition) is 1. The Kier molecular flexibility index (Phi) is 4.51. The topological polar surface area (TPSA) is 17.1 Å². The first-order chi connectivity index (χ1) is 9.20. The Bertz CT molecular complexity index is 543. The molecule has 1 atom stereocenters. The Morgan fingerprint density at radius 3 is 2.42 bits per heavy atom. The molecule has 2 aromatic carbocycles. The van der Waals surface area contributed by atoms with Crippen molar-refractivity contribution in [1.29, 1.82) is 0 Å². The molecule has 19 heavy (non-hydrogen) atoms. The van der Waals surface area contributed by atoms with Crippen LogP contribution in [0.15, 0.2) is 54.6 Å². The van der Waals surface area contributed by atoms with Crippen LogP contribution < -0.4 is 0 Å². The molecule has 0 aliphatic rings. The SMILES string of the molecule is CC[C@H](CC(=O)c1cccc(C)c1)c1ccccc1. The van der Waals surface area contributed by atoms with Crippen LogP contribution in [-0.2, 0) is 0 Å². The Hall–Kier alpha value is -1.89. The highest BCUT2D eigenvalue weighted by atomic mass is 16.1. The Morgan fingerprint density at radius 1 is 1.05 bits per heavy atom. The molecule has 0 fully saturated rings. The van der Waals surface area contributed by atoms with Crippen molar-refractivity contribution in [2.24, 2.45) is 0 Å². The fourth-order valence-electron chi connectivity index (χ4n) is 2.38. The number of rotatable bonds is 5. The van der Waals surface area contributed by atoms with Crippen LogP contribution in [0.5, 0.6) is 0 Å². The first-order valence-electron chi connectivity index (χ1n) is 6.85. The smallest absolute Gasteiger partial charge is 0.163 e. The predicted molar refractivity (Wildman–Crippen MR) is 79.6 cm³/mol. The zero-order valence-corrected chi connectivity index (χ0v) is 11.6. The molecular weight excluding hydrogens is 232 g/mol. The van der Waals surface area contributed by atoms with Crippen LogP contribution in [0.25, 0.3) is 0 Å². The second-order valence-electron chi connectivity index (χ2n) is 5.01. The zero-order valence-electron chi connectivity index (χ0n) is 11.6. The average Bonchev–Trinajstić information content (AvgIpc) is 2.45. The standard InChI is InChI=1S/C18H20O/c1-3-15(16-9-5-4-6-10-16)13-18(19)17-11-7-8-14(2)12-17/h4-12,15H,3,13H2,1-2H3/t15-/m1/s1. The van der Waals surface area contributed by atoms with E-state index in [1.54, 1.807) is 0 Å². The first-order valence-corrected chi connectivity index (χ1v) is 6.85. The molecule has 0 bridgehead atoms. The third kappa shape index (κ3) is 3.54. The van der Waals surface area contributed by atoms with Crippen LogP contribution in [0.3, 0.4) is 0 Å². The van der Waals surface area contributed by atoms with Crippen molar-refractivity contribution in [3.05, 3.63) is 71.3 Å². The Balaban J connectivity index is 2.13. The number of Topliss-reactive ketones (excluding diaryl/α,β-unsaturated/α-hetero) is 1. The molecule has 0 aliphatic heterocycles. The summed E-state index contributed by atoms with van der Waals surface area (Å²) in [4.78, 5) is 12.3. The van der Waals surface area contributed by atoms with Crippen molar-refractivity contribution in [2.75, 3.05) is 0 Å². The van der Waals surface area contributed by atoms with E-state index in [1.807, 2.05) is 49.4 Å². The van der Waals surface area contributed by atoms with E-state index in [-0.39, 0.29) is 5.78 Å². The quantitative estimate of drug-likeness (QED) is 0.701. The summed E-state index contributed by atoms with van der Waals surface area (Å²) in [5.74, 6) is 0.550. The molecule has 0 aliphatic carbocycles. The molecule has 1 nitrogen and oxygen atoms in total. The fourth-order valence-corrected chi connectivity index (χ4v) is 2.38. The number of carbonyl (C=O) groups is 1. The zero-order chi connectivity index (χ0) is 13.7. The summed E-state index contributed by atoms with van der Waals surface area (Å²) in [5.41, 5.74) is 3.22. The maximum absolute atomic E-state index is 12.3. The lowest BCUT2D eigenvalue weighted by molar-refractivity contribution is 0.0972. The van der Waals surface area contributed by atoms with Crippen molar-refractivity contribution >= 4 is 5.78 Å². The summed E-state index contributed by atoms with van der Waals surface area (Å²) >= 11 is 0. The van der Waals surface area contributed by atoms with E-state index in [0.717, 1.165) is 17.5 Å². The van der Waals surface area contributed by atoms with E-state index >= 15 is 0 Å². The van der Waals surface area contributed by atoms with E-state index in [9.17, 15) is 4.79 Å². The van der Waals surface area contributed by atoms with Gasteiger partial charge in [-0.3, -0.25) is 4.79 Å². The summed E-state index contributed by atoms with van der Waals surface area (Å²) < 4.78 is 0. The van der Waals surface area contributed by atoms with Crippen molar-refractivity contribution in [3.8, 4) is 0 Å². The van der Waals surface area contributed by atoms with Gasteiger partial charge in [0.2, 0.25) is 0 Å². The molecule has 0 radical (unpaired) electrons. The van der Waals surface area contributed by atoms with Gasteiger partial charge in [0.05, 0.1) is 0 Å². The minimum Gasteiger partial charge on any atom is -0.294 e. The largest absolute Gasteiger partial charge is 0.294 e. The second kappa shape index (κ2) is 6.33. The molecule has 2 aromatic rings. The maximum Gasteiger partial charge on any atom is 0.163 e. The minimum absolute atomic E-state index is 0.236. The van der Waals surface area contributed by atoms with E-state index < -0.39 is 0 Å². The van der Waals surface area contributed by atoms with Crippen LogP contribution in [0.1, 0.15) is 47.2 Å². The summed E-state index contributed by atoms with van der Waals surface area (Å²) in [6.07, 6.45) is 1.57. The van der Waals surface area contributed by atoms with Gasteiger partial charge in [-0.15, -0.1) is 0 Å². The lowest BCUT2D eigenvalue weighted by Gasteiger charge is -2.14. The van der Waals surface area contributed by atoms with Crippen molar-refractivity contribution in [1.82, 2.24) is 0 Å². The van der Waals surface area contributed by atoms with Crippen molar-refractivity contribution in [2.45, 2.75) is 32.6 Å². The van der Waals surface area contributed by atoms with Crippen LogP contribution in [0, 0.1) is 6.92 Å². The molecule has 0 saturated heterocycles. The third-order valence-electron chi connectivity index (χ3n) is 3.54. The monoisotopic (exact) mass is 252 g/mol. The number of benzene rings is 2. The number of aryl methyl sites for hydroxylation is 1. The van der Waals surface area contributed by atoms with Gasteiger partial charge in [0.25, 0.3) is 0 Å². The maximum atomic E-state index is 12.3. The highest BCUT2D eigenvalue weighted by Crippen LogP contribution is 2.25. The van der Waals surface area contributed by atoms with Gasteiger partial charge in [-0.25, -0.2) is 0 Å². The molecular formula is C18H20O. The van der Waals surface area contributed by atoms with Gasteiger partial charge < -0.3 is 0 Å². The molecule has 0 aromatic heterocycles. The highest BCUT2D eigenvalue weighted by molar-refractivity contribution is 5.96. The van der Waals surface area contributed by atoms with E-state index in [0.29, 0.717) is 12.3 Å². The second-order valence-corrected chi connectivity index (χ2v) is 5.01. The summed E-state index contributed by atoms with van der Waals surface area (Å²) in [7, 11) is 0. The van der Waals surface area contributed by atoms with E-state index in [2.05, 4.69) is 19.1 Å². The van der Waals surface area contributed by atoms with Gasteiger partial charge >= 0.3 is 0 Å². The predicted octanol–water partition coefficient (Wildman–Crippen LogP) is 4.76. The minimum atomic E-state index is 0.236. The molecule has 1 heteroatoms. The van der Waals surface area contributed by atoms with Crippen LogP contribution in [-0.4, -0.2) is 5.78 Å². The lowest BCUT2D eigenvalue weighted by atomic mass is 9.89. The average molecular weight is 252 g/mol. The van der Waals surface area contributed by atoms with Gasteiger partial charge in [-0.1, -0.05) is 61.0 Å². The van der Waals surface area contributed by atoms with Gasteiger partial charge in [-0.2, -0.15) is 0 Å². The molecule has 0 N–H and O–H groups in total. The van der Waals surface area contributed by atoms with Crippen LogP contribution >= 0.6 is 0 Å². The molecule has 0 saturated carbocycles. The van der Waals surface area contributed by atoms with Crippen LogP contribution in [0.4, 0.5) is 0 Å². The number of hydrogen-bond donors (Lipinski definition) is 0. The molecule has 0 unspecified atom stereocenters. The molecule has 98 valence electrons. The molecule has 0 amide bonds. The van der Waals surface area contributed by atoms with Gasteiger partial charge in [0, 0.05) is 12.0 Å². The molecule has 0 heterocycles. The third-order valence-corrected chi connectivity index (χ3v) is 3.54. The van der Waals surface area contributed by atoms with Crippen LogP contribution in [0.2, 0.25) is 0 Å². The summed E-state index contributed by atoms with van der Waals surface area (Å²) in [6, 6.07) is 18.2. The van der Waals surface area contributed by atoms with Gasteiger partial charge in [0.1, 0.15) is 0 Å². The number of ketones is 1. The van der Waals surface area contributed by atoms with E-state index in [4.69, 9.17) is 0 Å². The lowest BCUT2D eigenvalue weighted by Crippen LogP contribution is -2.07. The molecule has 0 spiro atoms. The van der Waals surface area contributed by atoms with Gasteiger partial charge in [-0.05, 0) is 30.9 Å². The molecule has 2 rings (SSSR count). The van der Waals surface area contributed by atoms with Gasteiger partial charge in [0.15, 0.2) is 5.78 Å².